The predicted molar refractivity (Wildman–Crippen MR) is 102 cm³/mol. The second kappa shape index (κ2) is 7.26. The summed E-state index contributed by atoms with van der Waals surface area (Å²) in [4.78, 5) is 6.25. The highest BCUT2D eigenvalue weighted by atomic mass is 79.9. The summed E-state index contributed by atoms with van der Waals surface area (Å²) in [6.07, 6.45) is 2.75. The van der Waals surface area contributed by atoms with E-state index < -0.39 is 19.9 Å². The van der Waals surface area contributed by atoms with E-state index in [1.807, 2.05) is 23.1 Å². The van der Waals surface area contributed by atoms with E-state index in [1.165, 1.54) is 22.5 Å². The molecule has 1 aromatic carbocycles. The van der Waals surface area contributed by atoms with Crippen molar-refractivity contribution < 1.29 is 16.8 Å². The molecule has 0 atom stereocenters. The second-order valence-corrected chi connectivity index (χ2v) is 10.7. The van der Waals surface area contributed by atoms with Crippen molar-refractivity contribution >= 4 is 41.6 Å². The van der Waals surface area contributed by atoms with Crippen molar-refractivity contribution in [2.75, 3.05) is 37.3 Å². The molecule has 0 amide bonds. The van der Waals surface area contributed by atoms with Gasteiger partial charge in [0.15, 0.2) is 9.84 Å². The number of nitrogens with zero attached hydrogens (tertiary/aromatic N) is 3. The number of halogens is 1. The van der Waals surface area contributed by atoms with E-state index in [9.17, 15) is 16.8 Å². The zero-order valence-electron chi connectivity index (χ0n) is 14.0. The van der Waals surface area contributed by atoms with Gasteiger partial charge >= 0.3 is 0 Å². The van der Waals surface area contributed by atoms with Crippen molar-refractivity contribution in [3.8, 4) is 0 Å². The largest absolute Gasteiger partial charge is 0.354 e. The molecule has 2 aromatic rings. The highest BCUT2D eigenvalue weighted by Crippen LogP contribution is 2.29. The Morgan fingerprint density at radius 1 is 1.00 bits per heavy atom. The molecule has 0 radical (unpaired) electrons. The lowest BCUT2D eigenvalue weighted by molar-refractivity contribution is 0.383. The maximum Gasteiger partial charge on any atom is 0.244 e. The van der Waals surface area contributed by atoms with Crippen molar-refractivity contribution in [2.24, 2.45) is 0 Å². The van der Waals surface area contributed by atoms with Crippen molar-refractivity contribution in [1.29, 1.82) is 0 Å². The molecule has 0 unspecified atom stereocenters. The fourth-order valence-corrected chi connectivity index (χ4v) is 5.84. The average molecular weight is 460 g/mol. The van der Waals surface area contributed by atoms with E-state index in [2.05, 4.69) is 20.9 Å². The van der Waals surface area contributed by atoms with Crippen LogP contribution in [0.15, 0.2) is 56.9 Å². The molecule has 26 heavy (non-hydrogen) atoms. The highest BCUT2D eigenvalue weighted by molar-refractivity contribution is 9.10. The fraction of sp³-hybridized carbons (Fsp3) is 0.312. The molecular formula is C16H18BrN3O4S2. The predicted octanol–water partition coefficient (Wildman–Crippen LogP) is 1.76. The number of anilines is 1. The van der Waals surface area contributed by atoms with E-state index in [1.54, 1.807) is 6.20 Å². The minimum atomic E-state index is -3.81. The molecule has 7 nitrogen and oxygen atoms in total. The van der Waals surface area contributed by atoms with Gasteiger partial charge in [-0.3, -0.25) is 0 Å². The molecule has 0 spiro atoms. The van der Waals surface area contributed by atoms with Gasteiger partial charge in [-0.25, -0.2) is 21.8 Å². The zero-order chi connectivity index (χ0) is 18.9. The molecule has 1 aromatic heterocycles. The lowest BCUT2D eigenvalue weighted by atomic mass is 10.3. The molecule has 1 fully saturated rings. The standard InChI is InChI=1S/C16H18BrN3O4S2/c1-25(21,22)13-5-6-14(17)15(12-13)26(23,24)20-10-8-19(9-11-20)16-4-2-3-7-18-16/h2-7,12H,8-11H2,1H3. The van der Waals surface area contributed by atoms with Gasteiger partial charge in [-0.05, 0) is 46.3 Å². The average Bonchev–Trinajstić information content (AvgIpc) is 2.62. The van der Waals surface area contributed by atoms with Crippen LogP contribution in [0.2, 0.25) is 0 Å². The lowest BCUT2D eigenvalue weighted by Crippen LogP contribution is -2.49. The number of rotatable bonds is 4. The van der Waals surface area contributed by atoms with E-state index in [-0.39, 0.29) is 9.79 Å². The molecular weight excluding hydrogens is 442 g/mol. The van der Waals surface area contributed by atoms with Crippen LogP contribution in [0.1, 0.15) is 0 Å². The van der Waals surface area contributed by atoms with Gasteiger partial charge in [-0.2, -0.15) is 4.31 Å². The van der Waals surface area contributed by atoms with E-state index in [4.69, 9.17) is 0 Å². The van der Waals surface area contributed by atoms with Gasteiger partial charge in [0.2, 0.25) is 10.0 Å². The van der Waals surface area contributed by atoms with Gasteiger partial charge in [-0.15, -0.1) is 0 Å². The van der Waals surface area contributed by atoms with E-state index >= 15 is 0 Å². The SMILES string of the molecule is CS(=O)(=O)c1ccc(Br)c(S(=O)(=O)N2CCN(c3ccccn3)CC2)c1. The van der Waals surface area contributed by atoms with E-state index in [0.717, 1.165) is 12.1 Å². The number of sulfonamides is 1. The molecule has 3 rings (SSSR count). The van der Waals surface area contributed by atoms with Crippen LogP contribution in [0.25, 0.3) is 0 Å². The Balaban J connectivity index is 1.84. The first-order valence-electron chi connectivity index (χ1n) is 7.85. The van der Waals surface area contributed by atoms with Crippen molar-refractivity contribution in [3.05, 3.63) is 47.1 Å². The van der Waals surface area contributed by atoms with Crippen LogP contribution in [-0.4, -0.2) is 58.6 Å². The quantitative estimate of drug-likeness (QED) is 0.691. The minimum Gasteiger partial charge on any atom is -0.354 e. The van der Waals surface area contributed by atoms with Crippen LogP contribution >= 0.6 is 15.9 Å². The Hall–Kier alpha value is -1.49. The molecule has 0 aliphatic carbocycles. The zero-order valence-corrected chi connectivity index (χ0v) is 17.3. The summed E-state index contributed by atoms with van der Waals surface area (Å²) >= 11 is 3.23. The smallest absolute Gasteiger partial charge is 0.244 e. The third-order valence-corrected chi connectivity index (χ3v) is 8.16. The lowest BCUT2D eigenvalue weighted by Gasteiger charge is -2.34. The van der Waals surface area contributed by atoms with Crippen LogP contribution in [0, 0.1) is 0 Å². The van der Waals surface area contributed by atoms with Crippen molar-refractivity contribution in [1.82, 2.24) is 9.29 Å². The summed E-state index contributed by atoms with van der Waals surface area (Å²) < 4.78 is 51.2. The Morgan fingerprint density at radius 3 is 2.27 bits per heavy atom. The number of aromatic nitrogens is 1. The topological polar surface area (TPSA) is 87.6 Å². The van der Waals surface area contributed by atoms with E-state index in [0.29, 0.717) is 30.7 Å². The summed E-state index contributed by atoms with van der Waals surface area (Å²) in [5.41, 5.74) is 0. The Morgan fingerprint density at radius 2 is 1.69 bits per heavy atom. The number of benzene rings is 1. The van der Waals surface area contributed by atoms with Crippen LogP contribution < -0.4 is 4.90 Å². The summed E-state index contributed by atoms with van der Waals surface area (Å²) in [5, 5.41) is 0. The molecule has 10 heteroatoms. The van der Waals surface area contributed by atoms with Gasteiger partial charge in [0.05, 0.1) is 9.79 Å². The molecule has 0 saturated carbocycles. The van der Waals surface area contributed by atoms with Gasteiger partial charge in [-0.1, -0.05) is 6.07 Å². The van der Waals surface area contributed by atoms with Gasteiger partial charge < -0.3 is 4.90 Å². The summed E-state index contributed by atoms with van der Waals surface area (Å²) in [7, 11) is -7.30. The van der Waals surface area contributed by atoms with Crippen LogP contribution in [-0.2, 0) is 19.9 Å². The molecule has 0 N–H and O–H groups in total. The highest BCUT2D eigenvalue weighted by Gasteiger charge is 2.31. The first kappa shape index (κ1) is 19.3. The Bertz CT molecular complexity index is 1000. The van der Waals surface area contributed by atoms with Crippen LogP contribution in [0.4, 0.5) is 5.82 Å². The maximum atomic E-state index is 13.0. The fourth-order valence-electron chi connectivity index (χ4n) is 2.75. The van der Waals surface area contributed by atoms with Gasteiger partial charge in [0, 0.05) is 43.1 Å². The second-order valence-electron chi connectivity index (χ2n) is 5.94. The number of hydrogen-bond donors (Lipinski definition) is 0. The third-order valence-electron chi connectivity index (χ3n) is 4.16. The monoisotopic (exact) mass is 459 g/mol. The molecule has 0 bridgehead atoms. The molecule has 2 heterocycles. The molecule has 140 valence electrons. The Kier molecular flexibility index (Phi) is 5.38. The summed E-state index contributed by atoms with van der Waals surface area (Å²) in [6.45, 7) is 1.63. The molecule has 1 aliphatic rings. The molecule has 1 saturated heterocycles. The summed E-state index contributed by atoms with van der Waals surface area (Å²) in [5.74, 6) is 0.810. The van der Waals surface area contributed by atoms with Crippen molar-refractivity contribution in [2.45, 2.75) is 9.79 Å². The first-order chi connectivity index (χ1) is 12.2. The normalized spacial score (nSPS) is 16.6. The third kappa shape index (κ3) is 3.93. The first-order valence-corrected chi connectivity index (χ1v) is 12.0. The number of piperazine rings is 1. The minimum absolute atomic E-state index is 0.0219. The number of pyridine rings is 1. The maximum absolute atomic E-state index is 13.0. The van der Waals surface area contributed by atoms with Gasteiger partial charge in [0.25, 0.3) is 0 Å². The van der Waals surface area contributed by atoms with Crippen LogP contribution in [0.5, 0.6) is 0 Å². The number of hydrogen-bond acceptors (Lipinski definition) is 6. The van der Waals surface area contributed by atoms with Crippen LogP contribution in [0.3, 0.4) is 0 Å². The summed E-state index contributed by atoms with van der Waals surface area (Å²) in [6, 6.07) is 9.65. The molecule has 1 aliphatic heterocycles. The van der Waals surface area contributed by atoms with Gasteiger partial charge in [0.1, 0.15) is 5.82 Å². The van der Waals surface area contributed by atoms with Crippen molar-refractivity contribution in [3.63, 3.8) is 0 Å². The number of sulfone groups is 1. The Labute approximate surface area is 161 Å².